The summed E-state index contributed by atoms with van der Waals surface area (Å²) in [5.74, 6) is 6.33. The third-order valence-electron chi connectivity index (χ3n) is 5.42. The van der Waals surface area contributed by atoms with Crippen molar-refractivity contribution in [3.8, 4) is 0 Å². The largest absolute Gasteiger partial charge is 0.393 e. The van der Waals surface area contributed by atoms with Gasteiger partial charge < -0.3 is 24.9 Å². The van der Waals surface area contributed by atoms with Gasteiger partial charge in [0.25, 0.3) is 5.91 Å². The number of aromatic nitrogens is 4. The van der Waals surface area contributed by atoms with Crippen molar-refractivity contribution in [1.82, 2.24) is 29.1 Å². The second kappa shape index (κ2) is 7.77. The van der Waals surface area contributed by atoms with E-state index >= 15 is 0 Å². The highest BCUT2D eigenvalue weighted by Crippen LogP contribution is 2.39. The molecule has 4 aromatic heterocycles. The van der Waals surface area contributed by atoms with Crippen LogP contribution in [0.5, 0.6) is 0 Å². The van der Waals surface area contributed by atoms with E-state index in [4.69, 9.17) is 11.6 Å². The van der Waals surface area contributed by atoms with Crippen LogP contribution in [0.25, 0.3) is 11.2 Å². The Bertz CT molecular complexity index is 1280. The van der Waals surface area contributed by atoms with E-state index in [0.717, 1.165) is 22.6 Å². The van der Waals surface area contributed by atoms with Crippen LogP contribution in [0.2, 0.25) is 0 Å². The van der Waals surface area contributed by atoms with Crippen LogP contribution in [0.1, 0.15) is 35.7 Å². The molecule has 9 heteroatoms. The Kier molecular flexibility index (Phi) is 4.79. The van der Waals surface area contributed by atoms with Gasteiger partial charge in [-0.15, -0.1) is 0 Å². The minimum Gasteiger partial charge on any atom is -0.393 e. The normalized spacial score (nSPS) is 14.3. The third kappa shape index (κ3) is 4.08. The van der Waals surface area contributed by atoms with Gasteiger partial charge in [0, 0.05) is 24.8 Å². The fourth-order valence-corrected chi connectivity index (χ4v) is 3.67. The summed E-state index contributed by atoms with van der Waals surface area (Å²) in [6.45, 7) is 0.605. The van der Waals surface area contributed by atoms with Gasteiger partial charge in [-0.25, -0.2) is 15.8 Å². The van der Waals surface area contributed by atoms with Crippen molar-refractivity contribution in [2.24, 2.45) is 11.6 Å². The Morgan fingerprint density at radius 3 is 2.94 bits per heavy atom. The van der Waals surface area contributed by atoms with Crippen LogP contribution in [0, 0.1) is 0 Å². The van der Waals surface area contributed by atoms with Crippen molar-refractivity contribution in [1.29, 1.82) is 0 Å². The number of carbonyl (C=O) groups excluding carboxylic acids is 1. The molecule has 4 aromatic rings. The summed E-state index contributed by atoms with van der Waals surface area (Å²) in [5, 5.41) is 4.15. The Morgan fingerprint density at radius 1 is 1.23 bits per heavy atom. The molecule has 0 spiro atoms. The second-order valence-electron chi connectivity index (χ2n) is 7.86. The lowest BCUT2D eigenvalue weighted by Crippen LogP contribution is -2.32. The van der Waals surface area contributed by atoms with Crippen molar-refractivity contribution in [3.63, 3.8) is 0 Å². The van der Waals surface area contributed by atoms with Gasteiger partial charge >= 0.3 is 0 Å². The van der Waals surface area contributed by atoms with E-state index in [2.05, 4.69) is 27.5 Å². The number of pyridine rings is 2. The molecule has 1 aliphatic carbocycles. The van der Waals surface area contributed by atoms with Gasteiger partial charge in [-0.05, 0) is 42.5 Å². The predicted molar refractivity (Wildman–Crippen MR) is 116 cm³/mol. The average Bonchev–Trinajstić information content (AvgIpc) is 3.41. The molecule has 31 heavy (non-hydrogen) atoms. The lowest BCUT2D eigenvalue weighted by Gasteiger charge is -2.13. The van der Waals surface area contributed by atoms with Crippen molar-refractivity contribution in [2.45, 2.75) is 31.8 Å². The van der Waals surface area contributed by atoms with E-state index in [9.17, 15) is 4.79 Å². The molecule has 0 aliphatic heterocycles. The number of nitrogens with zero attached hydrogens (tertiary/aromatic N) is 5. The van der Waals surface area contributed by atoms with Crippen LogP contribution < -0.4 is 16.9 Å². The molecule has 0 bridgehead atoms. The van der Waals surface area contributed by atoms with Gasteiger partial charge in [0.2, 0.25) is 0 Å². The van der Waals surface area contributed by atoms with E-state index in [1.165, 1.54) is 29.6 Å². The van der Waals surface area contributed by atoms with E-state index < -0.39 is 5.91 Å². The van der Waals surface area contributed by atoms with Crippen LogP contribution in [0.15, 0.2) is 67.1 Å². The fraction of sp³-hybridized carbons (Fsp3) is 0.227. The number of nitrogens with one attached hydrogen (secondary N) is 1. The van der Waals surface area contributed by atoms with Gasteiger partial charge in [-0.1, -0.05) is 12.1 Å². The molecule has 5 rings (SSSR count). The standard InChI is InChI=1S/C22H24N8O/c23-18(22(31)25-9-19-20-3-1-2-8-28(20)14-26-19)13-30(24)12-17-11-29-10-16(15-4-5-15)6-7-21(29)27-17/h1-3,6-8,10-11,13-15H,4-5,9,12,23-24H2,(H,25,31)/b18-13-. The molecule has 4 heterocycles. The smallest absolute Gasteiger partial charge is 0.269 e. The summed E-state index contributed by atoms with van der Waals surface area (Å²) >= 11 is 0. The van der Waals surface area contributed by atoms with Crippen LogP contribution in [0.3, 0.4) is 0 Å². The van der Waals surface area contributed by atoms with Crippen molar-refractivity contribution >= 4 is 17.1 Å². The van der Waals surface area contributed by atoms with Crippen LogP contribution in [-0.2, 0) is 17.9 Å². The van der Waals surface area contributed by atoms with Gasteiger partial charge in [0.1, 0.15) is 11.3 Å². The van der Waals surface area contributed by atoms with Gasteiger partial charge in [-0.2, -0.15) is 0 Å². The first-order valence-corrected chi connectivity index (χ1v) is 10.2. The minimum atomic E-state index is -0.406. The number of carbonyl (C=O) groups is 1. The summed E-state index contributed by atoms with van der Waals surface area (Å²) < 4.78 is 3.91. The Balaban J connectivity index is 1.21. The number of imidazole rings is 2. The summed E-state index contributed by atoms with van der Waals surface area (Å²) in [4.78, 5) is 21.3. The highest BCUT2D eigenvalue weighted by molar-refractivity contribution is 5.92. The van der Waals surface area contributed by atoms with Crippen molar-refractivity contribution in [3.05, 3.63) is 84.1 Å². The number of fused-ring (bicyclic) bond motifs is 2. The average molecular weight is 416 g/mol. The van der Waals surface area contributed by atoms with E-state index in [1.807, 2.05) is 45.5 Å². The lowest BCUT2D eigenvalue weighted by atomic mass is 10.2. The molecular formula is C22H24N8O. The van der Waals surface area contributed by atoms with Gasteiger partial charge in [0.05, 0.1) is 36.3 Å². The highest BCUT2D eigenvalue weighted by Gasteiger charge is 2.23. The van der Waals surface area contributed by atoms with E-state index in [0.29, 0.717) is 12.5 Å². The Labute approximate surface area is 179 Å². The molecule has 1 fully saturated rings. The van der Waals surface area contributed by atoms with Crippen molar-refractivity contribution in [2.75, 3.05) is 0 Å². The molecule has 158 valence electrons. The molecular weight excluding hydrogens is 392 g/mol. The molecule has 0 aromatic carbocycles. The molecule has 5 N–H and O–H groups in total. The van der Waals surface area contributed by atoms with Gasteiger partial charge in [0.15, 0.2) is 0 Å². The summed E-state index contributed by atoms with van der Waals surface area (Å²) in [6.07, 6.45) is 11.6. The molecule has 1 saturated carbocycles. The molecule has 0 radical (unpaired) electrons. The molecule has 0 atom stereocenters. The predicted octanol–water partition coefficient (Wildman–Crippen LogP) is 1.65. The minimum absolute atomic E-state index is 0.0193. The number of hydrogen-bond donors (Lipinski definition) is 3. The Hall–Kier alpha value is -3.85. The Morgan fingerprint density at radius 2 is 2.10 bits per heavy atom. The number of amides is 1. The quantitative estimate of drug-likeness (QED) is 0.239. The SMILES string of the molecule is N/C(=C\N(N)Cc1cn2cc(C3CC3)ccc2n1)C(=O)NCc1ncn2ccccc12. The summed E-state index contributed by atoms with van der Waals surface area (Å²) in [7, 11) is 0. The summed E-state index contributed by atoms with van der Waals surface area (Å²) in [6, 6.07) is 9.94. The van der Waals surface area contributed by atoms with E-state index in [1.54, 1.807) is 6.33 Å². The molecule has 0 unspecified atom stereocenters. The maximum absolute atomic E-state index is 12.4. The van der Waals surface area contributed by atoms with Crippen LogP contribution >= 0.6 is 0 Å². The first-order chi connectivity index (χ1) is 15.1. The number of nitrogens with two attached hydrogens (primary N) is 2. The maximum atomic E-state index is 12.4. The number of hydrogen-bond acceptors (Lipinski definition) is 6. The zero-order valence-corrected chi connectivity index (χ0v) is 17.0. The van der Waals surface area contributed by atoms with Crippen LogP contribution in [0.4, 0.5) is 0 Å². The number of hydrazine groups is 1. The lowest BCUT2D eigenvalue weighted by molar-refractivity contribution is -0.117. The molecule has 1 amide bonds. The van der Waals surface area contributed by atoms with E-state index in [-0.39, 0.29) is 12.2 Å². The third-order valence-corrected chi connectivity index (χ3v) is 5.42. The first-order valence-electron chi connectivity index (χ1n) is 10.2. The second-order valence-corrected chi connectivity index (χ2v) is 7.86. The number of rotatable bonds is 7. The highest BCUT2D eigenvalue weighted by atomic mass is 16.2. The van der Waals surface area contributed by atoms with Gasteiger partial charge in [-0.3, -0.25) is 4.79 Å². The first kappa shape index (κ1) is 19.1. The molecule has 1 aliphatic rings. The fourth-order valence-electron chi connectivity index (χ4n) is 3.67. The maximum Gasteiger partial charge on any atom is 0.269 e. The molecule has 0 saturated heterocycles. The summed E-state index contributed by atoms with van der Waals surface area (Å²) in [5.41, 5.74) is 10.7. The zero-order chi connectivity index (χ0) is 21.4. The van der Waals surface area contributed by atoms with Crippen molar-refractivity contribution < 1.29 is 4.79 Å². The monoisotopic (exact) mass is 416 g/mol. The topological polar surface area (TPSA) is 119 Å². The zero-order valence-electron chi connectivity index (χ0n) is 17.0. The van der Waals surface area contributed by atoms with Crippen LogP contribution in [-0.4, -0.2) is 29.7 Å². The molecule has 9 nitrogen and oxygen atoms in total.